The molecule has 2 aliphatic rings. The van der Waals surface area contributed by atoms with Crippen molar-refractivity contribution in [3.05, 3.63) is 46.2 Å². The zero-order chi connectivity index (χ0) is 25.7. The molecule has 4 rings (SSSR count). The van der Waals surface area contributed by atoms with Gasteiger partial charge in [0.25, 0.3) is 11.8 Å². The highest BCUT2D eigenvalue weighted by Gasteiger charge is 2.40. The van der Waals surface area contributed by atoms with Gasteiger partial charge in [0.05, 0.1) is 7.11 Å². The van der Waals surface area contributed by atoms with Gasteiger partial charge in [0.15, 0.2) is 12.2 Å². The minimum absolute atomic E-state index is 0.0872. The van der Waals surface area contributed by atoms with Crippen LogP contribution in [0.5, 0.6) is 0 Å². The normalized spacial score (nSPS) is 20.1. The Labute approximate surface area is 215 Å². The molecule has 1 aromatic carbocycles. The van der Waals surface area contributed by atoms with Crippen molar-refractivity contribution in [3.8, 4) is 11.1 Å². The van der Waals surface area contributed by atoms with Crippen LogP contribution < -0.4 is 5.32 Å². The number of amides is 2. The first-order valence-corrected chi connectivity index (χ1v) is 13.5. The highest BCUT2D eigenvalue weighted by Crippen LogP contribution is 2.35. The van der Waals surface area contributed by atoms with Gasteiger partial charge in [0.1, 0.15) is 4.88 Å². The van der Waals surface area contributed by atoms with Gasteiger partial charge >= 0.3 is 5.97 Å². The number of aliphatic hydroxyl groups is 2. The number of carbonyl (C=O) groups excluding carboxylic acids is 3. The maximum Gasteiger partial charge on any atom is 0.348 e. The summed E-state index contributed by atoms with van der Waals surface area (Å²) in [6.07, 6.45) is 3.90. The van der Waals surface area contributed by atoms with E-state index in [1.807, 2.05) is 23.6 Å². The van der Waals surface area contributed by atoms with Gasteiger partial charge in [-0.1, -0.05) is 43.5 Å². The van der Waals surface area contributed by atoms with Crippen LogP contribution in [0.25, 0.3) is 11.1 Å². The quantitative estimate of drug-likeness (QED) is 0.466. The number of methoxy groups -OCH3 is 1. The number of esters is 1. The number of thiophene rings is 1. The Bertz CT molecular complexity index is 1060. The van der Waals surface area contributed by atoms with Gasteiger partial charge in [0, 0.05) is 24.7 Å². The van der Waals surface area contributed by atoms with Gasteiger partial charge in [-0.15, -0.1) is 11.3 Å². The van der Waals surface area contributed by atoms with Crippen LogP contribution in [0.4, 0.5) is 0 Å². The number of hydrogen-bond donors (Lipinski definition) is 3. The van der Waals surface area contributed by atoms with Gasteiger partial charge in [-0.25, -0.2) is 4.79 Å². The Kier molecular flexibility index (Phi) is 8.77. The zero-order valence-electron chi connectivity index (χ0n) is 20.5. The monoisotopic (exact) mass is 514 g/mol. The number of aliphatic hydroxyl groups excluding tert-OH is 2. The summed E-state index contributed by atoms with van der Waals surface area (Å²) < 4.78 is 4.83. The van der Waals surface area contributed by atoms with Crippen molar-refractivity contribution in [3.63, 3.8) is 0 Å². The first-order valence-electron chi connectivity index (χ1n) is 12.6. The summed E-state index contributed by atoms with van der Waals surface area (Å²) in [6, 6.07) is 9.22. The first kappa shape index (κ1) is 26.3. The number of nitrogens with zero attached hydrogens (tertiary/aromatic N) is 1. The van der Waals surface area contributed by atoms with E-state index in [1.165, 1.54) is 24.9 Å². The van der Waals surface area contributed by atoms with E-state index in [0.29, 0.717) is 17.3 Å². The Hall–Kier alpha value is -2.75. The maximum atomic E-state index is 13.0. The Morgan fingerprint density at radius 2 is 1.75 bits per heavy atom. The van der Waals surface area contributed by atoms with Crippen molar-refractivity contribution < 1.29 is 29.3 Å². The van der Waals surface area contributed by atoms with Gasteiger partial charge in [-0.3, -0.25) is 9.59 Å². The minimum Gasteiger partial charge on any atom is -0.465 e. The van der Waals surface area contributed by atoms with E-state index in [2.05, 4.69) is 5.32 Å². The lowest BCUT2D eigenvalue weighted by molar-refractivity contribution is -0.154. The lowest BCUT2D eigenvalue weighted by Crippen LogP contribution is -2.52. The predicted octanol–water partition coefficient (Wildman–Crippen LogP) is 3.11. The molecule has 1 saturated heterocycles. The van der Waals surface area contributed by atoms with Gasteiger partial charge < -0.3 is 25.2 Å². The molecule has 2 fully saturated rings. The molecule has 0 unspecified atom stereocenters. The van der Waals surface area contributed by atoms with Crippen molar-refractivity contribution in [2.45, 2.75) is 69.7 Å². The van der Waals surface area contributed by atoms with E-state index in [4.69, 9.17) is 4.74 Å². The third kappa shape index (κ3) is 5.79. The molecule has 36 heavy (non-hydrogen) atoms. The zero-order valence-corrected chi connectivity index (χ0v) is 21.3. The topological polar surface area (TPSA) is 116 Å². The molecule has 8 nitrogen and oxygen atoms in total. The summed E-state index contributed by atoms with van der Waals surface area (Å²) in [5.41, 5.74) is 2.38. The van der Waals surface area contributed by atoms with E-state index in [0.717, 1.165) is 55.2 Å². The standard InChI is InChI=1S/C27H34N2O6S/c1-35-27(34)24-20(13-15-36-24)18-11-9-17(10-12-18)16-28-25(32)22(30)23(31)26(33)29-14-5-8-21(29)19-6-3-2-4-7-19/h9-13,15,19,21-23,30-31H,2-8,14,16H2,1H3,(H,28,32)/t21-,22-,23-/m1/s1. The maximum absolute atomic E-state index is 13.0. The molecule has 9 heteroatoms. The number of hydrogen-bond acceptors (Lipinski definition) is 7. The lowest BCUT2D eigenvalue weighted by Gasteiger charge is -2.35. The van der Waals surface area contributed by atoms with E-state index < -0.39 is 30.0 Å². The lowest BCUT2D eigenvalue weighted by atomic mass is 9.83. The Balaban J connectivity index is 1.32. The second-order valence-corrected chi connectivity index (χ2v) is 10.5. The largest absolute Gasteiger partial charge is 0.465 e. The summed E-state index contributed by atoms with van der Waals surface area (Å²) in [5.74, 6) is -1.31. The highest BCUT2D eigenvalue weighted by atomic mass is 32.1. The summed E-state index contributed by atoms with van der Waals surface area (Å²) in [6.45, 7) is 0.679. The van der Waals surface area contributed by atoms with Crippen LogP contribution in [-0.2, 0) is 20.9 Å². The smallest absolute Gasteiger partial charge is 0.348 e. The minimum atomic E-state index is -1.84. The second kappa shape index (κ2) is 12.0. The number of likely N-dealkylation sites (tertiary alicyclic amines) is 1. The SMILES string of the molecule is COC(=O)c1sccc1-c1ccc(CNC(=O)[C@H](O)[C@@H](O)C(=O)N2CCC[C@@H]2C2CCCCC2)cc1. The summed E-state index contributed by atoms with van der Waals surface area (Å²) >= 11 is 1.31. The number of carbonyl (C=O) groups is 3. The van der Waals surface area contributed by atoms with Crippen LogP contribution in [0.1, 0.15) is 60.2 Å². The highest BCUT2D eigenvalue weighted by molar-refractivity contribution is 7.12. The molecule has 1 aliphatic carbocycles. The van der Waals surface area contributed by atoms with E-state index in [-0.39, 0.29) is 12.6 Å². The van der Waals surface area contributed by atoms with Crippen LogP contribution >= 0.6 is 11.3 Å². The fourth-order valence-corrected chi connectivity index (χ4v) is 6.24. The van der Waals surface area contributed by atoms with Crippen LogP contribution in [0, 0.1) is 5.92 Å². The molecule has 1 aromatic heterocycles. The number of rotatable bonds is 8. The van der Waals surface area contributed by atoms with E-state index in [9.17, 15) is 24.6 Å². The molecule has 0 bridgehead atoms. The van der Waals surface area contributed by atoms with E-state index in [1.54, 1.807) is 17.0 Å². The van der Waals surface area contributed by atoms with Crippen LogP contribution in [0.3, 0.4) is 0 Å². The van der Waals surface area contributed by atoms with Crippen molar-refractivity contribution in [2.75, 3.05) is 13.7 Å². The predicted molar refractivity (Wildman–Crippen MR) is 136 cm³/mol. The average Bonchev–Trinajstić information content (AvgIpc) is 3.61. The first-order chi connectivity index (χ1) is 17.4. The van der Waals surface area contributed by atoms with E-state index >= 15 is 0 Å². The van der Waals surface area contributed by atoms with Gasteiger partial charge in [0.2, 0.25) is 0 Å². The molecule has 2 heterocycles. The van der Waals surface area contributed by atoms with Gasteiger partial charge in [-0.2, -0.15) is 0 Å². The molecule has 0 radical (unpaired) electrons. The third-order valence-electron chi connectivity index (χ3n) is 7.36. The van der Waals surface area contributed by atoms with Crippen LogP contribution in [-0.4, -0.2) is 64.8 Å². The number of nitrogens with one attached hydrogen (secondary N) is 1. The van der Waals surface area contributed by atoms with Crippen molar-refractivity contribution in [2.24, 2.45) is 5.92 Å². The van der Waals surface area contributed by atoms with Crippen molar-refractivity contribution in [1.29, 1.82) is 0 Å². The fourth-order valence-electron chi connectivity index (χ4n) is 5.41. The molecule has 1 saturated carbocycles. The van der Waals surface area contributed by atoms with Crippen LogP contribution in [0.2, 0.25) is 0 Å². The third-order valence-corrected chi connectivity index (χ3v) is 8.26. The van der Waals surface area contributed by atoms with Crippen LogP contribution in [0.15, 0.2) is 35.7 Å². The summed E-state index contributed by atoms with van der Waals surface area (Å²) in [7, 11) is 1.34. The summed E-state index contributed by atoms with van der Waals surface area (Å²) in [4.78, 5) is 39.6. The fraction of sp³-hybridized carbons (Fsp3) is 0.519. The van der Waals surface area contributed by atoms with Gasteiger partial charge in [-0.05, 0) is 54.2 Å². The molecule has 3 atom stereocenters. The molecule has 2 amide bonds. The van der Waals surface area contributed by atoms with Crippen molar-refractivity contribution >= 4 is 29.1 Å². The molecule has 3 N–H and O–H groups in total. The molecular formula is C27H34N2O6S. The average molecular weight is 515 g/mol. The van der Waals surface area contributed by atoms with Crippen molar-refractivity contribution in [1.82, 2.24) is 10.2 Å². The summed E-state index contributed by atoms with van der Waals surface area (Å²) in [5, 5.41) is 25.4. The molecule has 1 aliphatic heterocycles. The molecule has 0 spiro atoms. The number of benzene rings is 1. The molecule has 2 aromatic rings. The Morgan fingerprint density at radius 1 is 1.03 bits per heavy atom. The molecule has 194 valence electrons. The molecular weight excluding hydrogens is 480 g/mol. The number of ether oxygens (including phenoxy) is 1. The second-order valence-electron chi connectivity index (χ2n) is 9.60. The Morgan fingerprint density at radius 3 is 2.44 bits per heavy atom.